The topological polar surface area (TPSA) is 38.5 Å². The Labute approximate surface area is 104 Å². The highest BCUT2D eigenvalue weighted by atomic mass is 16.5. The van der Waals surface area contributed by atoms with E-state index in [9.17, 15) is 0 Å². The van der Waals surface area contributed by atoms with Crippen molar-refractivity contribution < 1.29 is 4.74 Å². The van der Waals surface area contributed by atoms with Crippen molar-refractivity contribution in [1.82, 2.24) is 0 Å². The minimum Gasteiger partial charge on any atom is -0.397 e. The van der Waals surface area contributed by atoms with Gasteiger partial charge in [-0.2, -0.15) is 0 Å². The van der Waals surface area contributed by atoms with Gasteiger partial charge in [0.2, 0.25) is 0 Å². The van der Waals surface area contributed by atoms with E-state index in [1.54, 1.807) is 0 Å². The van der Waals surface area contributed by atoms with Crippen molar-refractivity contribution in [3.8, 4) is 0 Å². The first-order chi connectivity index (χ1) is 8.22. The largest absolute Gasteiger partial charge is 0.397 e. The van der Waals surface area contributed by atoms with Crippen molar-refractivity contribution in [3.05, 3.63) is 23.8 Å². The van der Waals surface area contributed by atoms with Gasteiger partial charge in [-0.25, -0.2) is 0 Å². The Bertz CT molecular complexity index is 350. The maximum atomic E-state index is 6.07. The SMILES string of the molecule is CCOC1CCN(c2c(C)cccc2N)CC1. The molecule has 3 nitrogen and oxygen atoms in total. The molecular formula is C14H22N2O. The zero-order valence-electron chi connectivity index (χ0n) is 10.8. The summed E-state index contributed by atoms with van der Waals surface area (Å²) in [5.41, 5.74) is 9.44. The third-order valence-electron chi connectivity index (χ3n) is 3.43. The van der Waals surface area contributed by atoms with E-state index in [4.69, 9.17) is 10.5 Å². The van der Waals surface area contributed by atoms with Crippen molar-refractivity contribution in [2.45, 2.75) is 32.8 Å². The van der Waals surface area contributed by atoms with E-state index in [-0.39, 0.29) is 0 Å². The lowest BCUT2D eigenvalue weighted by Gasteiger charge is -2.35. The summed E-state index contributed by atoms with van der Waals surface area (Å²) < 4.78 is 5.67. The van der Waals surface area contributed by atoms with Crippen LogP contribution in [0.1, 0.15) is 25.3 Å². The number of para-hydroxylation sites is 1. The van der Waals surface area contributed by atoms with Gasteiger partial charge >= 0.3 is 0 Å². The zero-order chi connectivity index (χ0) is 12.3. The van der Waals surface area contributed by atoms with Crippen molar-refractivity contribution in [1.29, 1.82) is 0 Å². The average molecular weight is 234 g/mol. The van der Waals surface area contributed by atoms with Crippen LogP contribution in [0.4, 0.5) is 11.4 Å². The molecular weight excluding hydrogens is 212 g/mol. The quantitative estimate of drug-likeness (QED) is 0.817. The number of nitrogens with two attached hydrogens (primary N) is 1. The Balaban J connectivity index is 2.05. The fourth-order valence-electron chi connectivity index (χ4n) is 2.60. The van der Waals surface area contributed by atoms with Gasteiger partial charge in [0.15, 0.2) is 0 Å². The first-order valence-corrected chi connectivity index (χ1v) is 6.44. The average Bonchev–Trinajstić information content (AvgIpc) is 2.31. The number of hydrogen-bond donors (Lipinski definition) is 1. The molecule has 0 radical (unpaired) electrons. The molecule has 3 heteroatoms. The first kappa shape index (κ1) is 12.2. The number of piperidine rings is 1. The van der Waals surface area contributed by atoms with Crippen molar-refractivity contribution >= 4 is 11.4 Å². The molecule has 1 aliphatic rings. The minimum atomic E-state index is 0.432. The maximum absolute atomic E-state index is 6.07. The zero-order valence-corrected chi connectivity index (χ0v) is 10.8. The monoisotopic (exact) mass is 234 g/mol. The van der Waals surface area contributed by atoms with Gasteiger partial charge in [-0.1, -0.05) is 12.1 Å². The minimum absolute atomic E-state index is 0.432. The lowest BCUT2D eigenvalue weighted by atomic mass is 10.0. The first-order valence-electron chi connectivity index (χ1n) is 6.44. The fraction of sp³-hybridized carbons (Fsp3) is 0.571. The number of aryl methyl sites for hydroxylation is 1. The van der Waals surface area contributed by atoms with Crippen LogP contribution in [0.2, 0.25) is 0 Å². The number of nitrogens with zero attached hydrogens (tertiary/aromatic N) is 1. The summed E-state index contributed by atoms with van der Waals surface area (Å²) >= 11 is 0. The number of benzene rings is 1. The normalized spacial score (nSPS) is 17.4. The standard InChI is InChI=1S/C14H22N2O/c1-3-17-12-7-9-16(10-8-12)14-11(2)5-4-6-13(14)15/h4-6,12H,3,7-10,15H2,1-2H3. The smallest absolute Gasteiger partial charge is 0.0629 e. The van der Waals surface area contributed by atoms with Crippen molar-refractivity contribution in [3.63, 3.8) is 0 Å². The lowest BCUT2D eigenvalue weighted by Crippen LogP contribution is -2.37. The van der Waals surface area contributed by atoms with Gasteiger partial charge in [-0.15, -0.1) is 0 Å². The van der Waals surface area contributed by atoms with E-state index in [2.05, 4.69) is 24.8 Å². The number of nitrogen functional groups attached to an aromatic ring is 1. The van der Waals surface area contributed by atoms with Gasteiger partial charge in [0.1, 0.15) is 0 Å². The summed E-state index contributed by atoms with van der Waals surface area (Å²) in [6, 6.07) is 6.12. The summed E-state index contributed by atoms with van der Waals surface area (Å²) in [5.74, 6) is 0. The van der Waals surface area contributed by atoms with E-state index in [0.29, 0.717) is 6.10 Å². The molecule has 0 aromatic heterocycles. The van der Waals surface area contributed by atoms with Gasteiger partial charge in [0.05, 0.1) is 17.5 Å². The molecule has 0 bridgehead atoms. The van der Waals surface area contributed by atoms with Gasteiger partial charge in [0, 0.05) is 19.7 Å². The molecule has 0 spiro atoms. The second-order valence-corrected chi connectivity index (χ2v) is 4.65. The van der Waals surface area contributed by atoms with Gasteiger partial charge < -0.3 is 15.4 Å². The molecule has 2 N–H and O–H groups in total. The molecule has 1 aliphatic heterocycles. The fourth-order valence-corrected chi connectivity index (χ4v) is 2.60. The van der Waals surface area contributed by atoms with Crippen LogP contribution in [-0.2, 0) is 4.74 Å². The molecule has 17 heavy (non-hydrogen) atoms. The lowest BCUT2D eigenvalue weighted by molar-refractivity contribution is 0.0459. The predicted octanol–water partition coefficient (Wildman–Crippen LogP) is 2.58. The Morgan fingerprint density at radius 3 is 2.65 bits per heavy atom. The summed E-state index contributed by atoms with van der Waals surface area (Å²) in [4.78, 5) is 2.39. The number of hydrogen-bond acceptors (Lipinski definition) is 3. The third-order valence-corrected chi connectivity index (χ3v) is 3.43. The molecule has 0 atom stereocenters. The molecule has 0 amide bonds. The predicted molar refractivity (Wildman–Crippen MR) is 72.5 cm³/mol. The molecule has 94 valence electrons. The number of anilines is 2. The van der Waals surface area contributed by atoms with Crippen LogP contribution in [0.25, 0.3) is 0 Å². The van der Waals surface area contributed by atoms with Crippen molar-refractivity contribution in [2.24, 2.45) is 0 Å². The number of rotatable bonds is 3. The van der Waals surface area contributed by atoms with E-state index in [1.165, 1.54) is 11.3 Å². The van der Waals surface area contributed by atoms with Gasteiger partial charge in [0.25, 0.3) is 0 Å². The van der Waals surface area contributed by atoms with E-state index >= 15 is 0 Å². The van der Waals surface area contributed by atoms with Gasteiger partial charge in [-0.05, 0) is 38.3 Å². The molecule has 0 aliphatic carbocycles. The Hall–Kier alpha value is -1.22. The number of ether oxygens (including phenoxy) is 1. The summed E-state index contributed by atoms with van der Waals surface area (Å²) in [6.45, 7) is 7.09. The van der Waals surface area contributed by atoms with Crippen molar-refractivity contribution in [2.75, 3.05) is 30.3 Å². The van der Waals surface area contributed by atoms with Crippen LogP contribution in [0.3, 0.4) is 0 Å². The molecule has 0 saturated carbocycles. The van der Waals surface area contributed by atoms with Crippen LogP contribution < -0.4 is 10.6 Å². The van der Waals surface area contributed by atoms with Crippen LogP contribution in [-0.4, -0.2) is 25.8 Å². The van der Waals surface area contributed by atoms with E-state index in [0.717, 1.165) is 38.2 Å². The molecule has 1 heterocycles. The highest BCUT2D eigenvalue weighted by Crippen LogP contribution is 2.30. The van der Waals surface area contributed by atoms with Crippen LogP contribution in [0, 0.1) is 6.92 Å². The molecule has 1 aromatic rings. The van der Waals surface area contributed by atoms with Crippen LogP contribution >= 0.6 is 0 Å². The molecule has 1 aromatic carbocycles. The Kier molecular flexibility index (Phi) is 3.89. The third kappa shape index (κ3) is 2.72. The highest BCUT2D eigenvalue weighted by Gasteiger charge is 2.21. The molecule has 1 fully saturated rings. The van der Waals surface area contributed by atoms with Crippen LogP contribution in [0.5, 0.6) is 0 Å². The van der Waals surface area contributed by atoms with E-state index < -0.39 is 0 Å². The van der Waals surface area contributed by atoms with E-state index in [1.807, 2.05) is 12.1 Å². The molecule has 1 saturated heterocycles. The maximum Gasteiger partial charge on any atom is 0.0629 e. The Morgan fingerprint density at radius 1 is 1.35 bits per heavy atom. The molecule has 0 unspecified atom stereocenters. The second-order valence-electron chi connectivity index (χ2n) is 4.65. The summed E-state index contributed by atoms with van der Waals surface area (Å²) in [6.07, 6.45) is 2.63. The van der Waals surface area contributed by atoms with Crippen LogP contribution in [0.15, 0.2) is 18.2 Å². The second kappa shape index (κ2) is 5.41. The van der Waals surface area contributed by atoms with Gasteiger partial charge in [-0.3, -0.25) is 0 Å². The highest BCUT2D eigenvalue weighted by molar-refractivity contribution is 5.71. The Morgan fingerprint density at radius 2 is 2.06 bits per heavy atom. The summed E-state index contributed by atoms with van der Waals surface area (Å²) in [7, 11) is 0. The molecule has 2 rings (SSSR count). The summed E-state index contributed by atoms with van der Waals surface area (Å²) in [5, 5.41) is 0.